The number of benzene rings is 2. The summed E-state index contributed by atoms with van der Waals surface area (Å²) in [6, 6.07) is 18.7. The van der Waals surface area contributed by atoms with Crippen molar-refractivity contribution in [2.75, 3.05) is 46.5 Å². The van der Waals surface area contributed by atoms with E-state index in [2.05, 4.69) is 20.7 Å². The molecule has 9 heteroatoms. The van der Waals surface area contributed by atoms with Gasteiger partial charge in [-0.25, -0.2) is 0 Å². The Balaban J connectivity index is 1.32. The van der Waals surface area contributed by atoms with Crippen LogP contribution in [0.25, 0.3) is 11.3 Å². The van der Waals surface area contributed by atoms with Gasteiger partial charge in [-0.3, -0.25) is 14.5 Å². The maximum absolute atomic E-state index is 12.5. The van der Waals surface area contributed by atoms with Crippen LogP contribution in [0.2, 0.25) is 0 Å². The molecule has 4 rings (SSSR count). The Hall–Kier alpha value is -3.69. The lowest BCUT2D eigenvalue weighted by Crippen LogP contribution is -2.45. The molecule has 1 atom stereocenters. The van der Waals surface area contributed by atoms with Gasteiger partial charge in [0.1, 0.15) is 5.75 Å². The maximum atomic E-state index is 12.5. The highest BCUT2D eigenvalue weighted by atomic mass is 16.5. The molecule has 2 N–H and O–H groups in total. The third kappa shape index (κ3) is 6.00. The molecule has 0 bridgehead atoms. The monoisotopic (exact) mass is 464 g/mol. The van der Waals surface area contributed by atoms with E-state index in [0.717, 1.165) is 30.0 Å². The molecule has 0 saturated carbocycles. The first-order valence-corrected chi connectivity index (χ1v) is 11.2. The van der Waals surface area contributed by atoms with Gasteiger partial charge >= 0.3 is 0 Å². The molecule has 178 valence electrons. The van der Waals surface area contributed by atoms with E-state index < -0.39 is 5.91 Å². The predicted octanol–water partition coefficient (Wildman–Crippen LogP) is 2.27. The van der Waals surface area contributed by atoms with Crippen LogP contribution in [0.4, 0.5) is 0 Å². The number of aromatic nitrogens is 1. The molecule has 1 unspecified atom stereocenters. The molecule has 1 aromatic heterocycles. The number of hydrogen-bond acceptors (Lipinski definition) is 7. The molecule has 1 saturated heterocycles. The number of hydrogen-bond donors (Lipinski definition) is 2. The molecule has 1 aliphatic heterocycles. The second-order valence-electron chi connectivity index (χ2n) is 7.87. The fraction of sp³-hybridized carbons (Fsp3) is 0.320. The molecule has 3 aromatic rings. The van der Waals surface area contributed by atoms with Crippen LogP contribution in [0.15, 0.2) is 65.2 Å². The summed E-state index contributed by atoms with van der Waals surface area (Å²) in [5, 5.41) is 9.34. The minimum absolute atomic E-state index is 0.0153. The van der Waals surface area contributed by atoms with Crippen LogP contribution in [-0.2, 0) is 9.53 Å². The molecule has 0 radical (unpaired) electrons. The average molecular weight is 465 g/mol. The lowest BCUT2D eigenvalue weighted by Gasteiger charge is -2.35. The fourth-order valence-corrected chi connectivity index (χ4v) is 3.82. The summed E-state index contributed by atoms with van der Waals surface area (Å²) in [4.78, 5) is 27.2. The van der Waals surface area contributed by atoms with E-state index in [1.54, 1.807) is 13.2 Å². The van der Waals surface area contributed by atoms with Crippen molar-refractivity contribution in [2.24, 2.45) is 0 Å². The van der Waals surface area contributed by atoms with Gasteiger partial charge in [-0.1, -0.05) is 47.6 Å². The molecule has 0 aliphatic carbocycles. The van der Waals surface area contributed by atoms with Gasteiger partial charge in [0.05, 0.1) is 32.9 Å². The topological polar surface area (TPSA) is 106 Å². The van der Waals surface area contributed by atoms with E-state index in [1.807, 2.05) is 54.6 Å². The molecule has 1 fully saturated rings. The number of ether oxygens (including phenoxy) is 2. The summed E-state index contributed by atoms with van der Waals surface area (Å²) in [5.74, 6) is 0.510. The van der Waals surface area contributed by atoms with Gasteiger partial charge in [-0.2, -0.15) is 0 Å². The van der Waals surface area contributed by atoms with Crippen molar-refractivity contribution in [3.05, 3.63) is 71.9 Å². The van der Waals surface area contributed by atoms with Crippen LogP contribution in [0, 0.1) is 0 Å². The Kier molecular flexibility index (Phi) is 7.90. The molecule has 34 heavy (non-hydrogen) atoms. The molecule has 0 spiro atoms. The second-order valence-corrected chi connectivity index (χ2v) is 7.87. The quantitative estimate of drug-likeness (QED) is 0.500. The number of amides is 2. The average Bonchev–Trinajstić information content (AvgIpc) is 3.39. The normalized spacial score (nSPS) is 14.9. The van der Waals surface area contributed by atoms with Crippen LogP contribution in [0.3, 0.4) is 0 Å². The van der Waals surface area contributed by atoms with Crippen molar-refractivity contribution in [3.8, 4) is 17.1 Å². The molecule has 2 aromatic carbocycles. The molecule has 2 amide bonds. The smallest absolute Gasteiger partial charge is 0.273 e. The highest BCUT2D eigenvalue weighted by Gasteiger charge is 2.23. The maximum Gasteiger partial charge on any atom is 0.273 e. The number of nitrogens with one attached hydrogen (secondary N) is 2. The van der Waals surface area contributed by atoms with Gasteiger partial charge in [0.2, 0.25) is 5.91 Å². The lowest BCUT2D eigenvalue weighted by atomic mass is 10.0. The SMILES string of the molecule is COc1ccc(C(CNC(=O)CNC(=O)c2cc(-c3ccccc3)on2)N2CCOCC2)cc1. The van der Waals surface area contributed by atoms with Crippen LogP contribution >= 0.6 is 0 Å². The number of nitrogens with zero attached hydrogens (tertiary/aromatic N) is 2. The van der Waals surface area contributed by atoms with Crippen molar-refractivity contribution in [1.82, 2.24) is 20.7 Å². The lowest BCUT2D eigenvalue weighted by molar-refractivity contribution is -0.120. The summed E-state index contributed by atoms with van der Waals surface area (Å²) in [6.07, 6.45) is 0. The zero-order valence-electron chi connectivity index (χ0n) is 19.0. The van der Waals surface area contributed by atoms with Crippen LogP contribution in [0.5, 0.6) is 5.75 Å². The van der Waals surface area contributed by atoms with Crippen molar-refractivity contribution < 1.29 is 23.6 Å². The molecular weight excluding hydrogens is 436 g/mol. The van der Waals surface area contributed by atoms with Crippen LogP contribution in [-0.4, -0.2) is 68.4 Å². The van der Waals surface area contributed by atoms with E-state index in [1.165, 1.54) is 0 Å². The van der Waals surface area contributed by atoms with Gasteiger partial charge in [0.15, 0.2) is 11.5 Å². The van der Waals surface area contributed by atoms with Crippen molar-refractivity contribution in [1.29, 1.82) is 0 Å². The van der Waals surface area contributed by atoms with Crippen molar-refractivity contribution >= 4 is 11.8 Å². The second kappa shape index (κ2) is 11.4. The van der Waals surface area contributed by atoms with Crippen LogP contribution in [0.1, 0.15) is 22.1 Å². The number of carbonyl (C=O) groups excluding carboxylic acids is 2. The minimum atomic E-state index is -0.471. The molecule has 1 aliphatic rings. The number of morpholine rings is 1. The first-order valence-electron chi connectivity index (χ1n) is 11.2. The van der Waals surface area contributed by atoms with Gasteiger partial charge in [-0.05, 0) is 17.7 Å². The zero-order valence-corrected chi connectivity index (χ0v) is 19.0. The standard InChI is InChI=1S/C25H28N4O5/c1-32-20-9-7-18(8-10-20)22(29-11-13-33-14-12-29)16-26-24(30)17-27-25(31)21-15-23(34-28-21)19-5-3-2-4-6-19/h2-10,15,22H,11-14,16-17H2,1H3,(H,26,30)(H,27,31). The first-order chi connectivity index (χ1) is 16.6. The number of methoxy groups -OCH3 is 1. The summed E-state index contributed by atoms with van der Waals surface area (Å²) in [5.41, 5.74) is 2.01. The third-order valence-corrected chi connectivity index (χ3v) is 5.69. The summed E-state index contributed by atoms with van der Waals surface area (Å²) >= 11 is 0. The van der Waals surface area contributed by atoms with E-state index in [4.69, 9.17) is 14.0 Å². The Bertz CT molecular complexity index is 1080. The first kappa shape index (κ1) is 23.5. The van der Waals surface area contributed by atoms with Crippen LogP contribution < -0.4 is 15.4 Å². The Labute approximate surface area is 198 Å². The minimum Gasteiger partial charge on any atom is -0.497 e. The fourth-order valence-electron chi connectivity index (χ4n) is 3.82. The Morgan fingerprint density at radius 2 is 1.79 bits per heavy atom. The van der Waals surface area contributed by atoms with E-state index in [-0.39, 0.29) is 24.2 Å². The molecule has 9 nitrogen and oxygen atoms in total. The summed E-state index contributed by atoms with van der Waals surface area (Å²) in [7, 11) is 1.63. The summed E-state index contributed by atoms with van der Waals surface area (Å²) in [6.45, 7) is 3.10. The van der Waals surface area contributed by atoms with E-state index >= 15 is 0 Å². The Morgan fingerprint density at radius 3 is 2.50 bits per heavy atom. The highest BCUT2D eigenvalue weighted by Crippen LogP contribution is 2.24. The van der Waals surface area contributed by atoms with E-state index in [9.17, 15) is 9.59 Å². The van der Waals surface area contributed by atoms with Gasteiger partial charge in [-0.15, -0.1) is 0 Å². The van der Waals surface area contributed by atoms with E-state index in [0.29, 0.717) is 25.5 Å². The van der Waals surface area contributed by atoms with Gasteiger partial charge < -0.3 is 24.6 Å². The largest absolute Gasteiger partial charge is 0.497 e. The van der Waals surface area contributed by atoms with Crippen molar-refractivity contribution in [2.45, 2.75) is 6.04 Å². The summed E-state index contributed by atoms with van der Waals surface area (Å²) < 4.78 is 16.0. The van der Waals surface area contributed by atoms with Gasteiger partial charge in [0, 0.05) is 31.3 Å². The number of rotatable bonds is 9. The molecular formula is C25H28N4O5. The molecule has 2 heterocycles. The number of carbonyl (C=O) groups is 2. The predicted molar refractivity (Wildman–Crippen MR) is 125 cm³/mol. The van der Waals surface area contributed by atoms with Crippen molar-refractivity contribution in [3.63, 3.8) is 0 Å². The highest BCUT2D eigenvalue weighted by molar-refractivity contribution is 5.95. The van der Waals surface area contributed by atoms with Gasteiger partial charge in [0.25, 0.3) is 5.91 Å². The third-order valence-electron chi connectivity index (χ3n) is 5.69. The Morgan fingerprint density at radius 1 is 1.06 bits per heavy atom. The zero-order chi connectivity index (χ0) is 23.8.